The maximum Gasteiger partial charge on any atom is 0.432 e. The summed E-state index contributed by atoms with van der Waals surface area (Å²) in [4.78, 5) is 80.8. The van der Waals surface area contributed by atoms with Gasteiger partial charge in [-0.25, -0.2) is 19.2 Å². The lowest BCUT2D eigenvalue weighted by Crippen LogP contribution is -2.54. The second-order valence-electron chi connectivity index (χ2n) is 23.8. The molecule has 1 fully saturated rings. The molecule has 1 saturated heterocycles. The molecule has 2 aliphatic rings. The van der Waals surface area contributed by atoms with Crippen LogP contribution in [-0.2, 0) is 88.2 Å². The standard InChI is InChI=1S/C69H89F9O15/c1-7-8-9-10-11-12-13-14-15-25-40-56(92-62(83)65(86-5,68(73,74)75)51-32-21-17-22-33-51)57-43-44-58(91-57)59(93-63(84)66(87-6,69(76,77)78)52-34-23-18-24-35-52)46-55(89-48(3)79)39-29-27-37-53(80)36-26-28-38-54(42-41-49-45-47(2)88-60(49)81)90-61(82)64(85-4,67(70,71)72)50-30-19-16-20-31-50/h16-24,30-35,45,47,54-59H,7-15,25-29,36-44,46H2,1-6H3/t47-,54+,55?,56+,57+,58+,59+,64+,65+,66+/m0/s1. The third-order valence-corrected chi connectivity index (χ3v) is 17.1. The van der Waals surface area contributed by atoms with Gasteiger partial charge in [0.1, 0.15) is 36.3 Å². The predicted octanol–water partition coefficient (Wildman–Crippen LogP) is 15.6. The Morgan fingerprint density at radius 2 is 0.882 bits per heavy atom. The molecule has 0 amide bonds. The van der Waals surface area contributed by atoms with Crippen LogP contribution in [-0.4, -0.2) is 118 Å². The molecule has 0 radical (unpaired) electrons. The van der Waals surface area contributed by atoms with Crippen molar-refractivity contribution >= 4 is 35.6 Å². The Kier molecular flexibility index (Phi) is 30.3. The number of halogens is 9. The van der Waals surface area contributed by atoms with Crippen LogP contribution in [0, 0.1) is 0 Å². The molecule has 1 unspecified atom stereocenters. The maximum atomic E-state index is 15.4. The zero-order chi connectivity index (χ0) is 68.5. The van der Waals surface area contributed by atoms with Gasteiger partial charge in [0, 0.05) is 69.8 Å². The van der Waals surface area contributed by atoms with E-state index < -0.39 is 131 Å². The first-order chi connectivity index (χ1) is 44.1. The maximum absolute atomic E-state index is 15.4. The molecule has 0 bridgehead atoms. The molecule has 3 aromatic carbocycles. The van der Waals surface area contributed by atoms with Crippen LogP contribution in [0.5, 0.6) is 0 Å². The second-order valence-corrected chi connectivity index (χ2v) is 23.8. The Labute approximate surface area is 538 Å². The molecule has 0 spiro atoms. The zero-order valence-corrected chi connectivity index (χ0v) is 53.8. The van der Waals surface area contributed by atoms with E-state index in [2.05, 4.69) is 6.92 Å². The van der Waals surface area contributed by atoms with Gasteiger partial charge in [0.05, 0.1) is 12.2 Å². The van der Waals surface area contributed by atoms with E-state index in [1.165, 1.54) is 54.6 Å². The Hall–Kier alpha value is -6.37. The number of rotatable bonds is 41. The Morgan fingerprint density at radius 3 is 1.28 bits per heavy atom. The number of alkyl halides is 9. The molecule has 0 saturated carbocycles. The van der Waals surface area contributed by atoms with Gasteiger partial charge >= 0.3 is 48.4 Å². The van der Waals surface area contributed by atoms with Gasteiger partial charge in [-0.3, -0.25) is 9.59 Å². The normalized spacial score (nSPS) is 19.4. The molecule has 518 valence electrons. The summed E-state index contributed by atoms with van der Waals surface area (Å²) in [5.41, 5.74) is -12.2. The lowest BCUT2D eigenvalue weighted by atomic mass is 9.92. The summed E-state index contributed by atoms with van der Waals surface area (Å²) in [7, 11) is 2.14. The number of carbonyl (C=O) groups is 6. The number of hydrogen-bond acceptors (Lipinski definition) is 15. The van der Waals surface area contributed by atoms with Gasteiger partial charge in [0.15, 0.2) is 0 Å². The molecular formula is C69H89F9O15. The number of cyclic esters (lactones) is 1. The Morgan fingerprint density at radius 1 is 0.495 bits per heavy atom. The van der Waals surface area contributed by atoms with Crippen LogP contribution in [0.2, 0.25) is 0 Å². The van der Waals surface area contributed by atoms with Crippen LogP contribution in [0.3, 0.4) is 0 Å². The first kappa shape index (κ1) is 77.3. The van der Waals surface area contributed by atoms with Crippen LogP contribution in [0.15, 0.2) is 103 Å². The minimum Gasteiger partial charge on any atom is -0.462 e. The van der Waals surface area contributed by atoms with Crippen molar-refractivity contribution in [3.8, 4) is 0 Å². The van der Waals surface area contributed by atoms with Gasteiger partial charge in [-0.2, -0.15) is 39.5 Å². The Bertz CT molecular complexity index is 2840. The molecular weight excluding hydrogens is 1240 g/mol. The minimum absolute atomic E-state index is 0.00349. The fourth-order valence-corrected chi connectivity index (χ4v) is 12.1. The van der Waals surface area contributed by atoms with Crippen molar-refractivity contribution in [3.05, 3.63) is 119 Å². The number of ketones is 1. The fourth-order valence-electron chi connectivity index (χ4n) is 12.1. The highest BCUT2D eigenvalue weighted by atomic mass is 19.4. The lowest BCUT2D eigenvalue weighted by Gasteiger charge is -2.36. The molecule has 2 aliphatic heterocycles. The molecule has 0 aliphatic carbocycles. The monoisotopic (exact) mass is 1330 g/mol. The topological polar surface area (TPSA) is 185 Å². The van der Waals surface area contributed by atoms with E-state index in [9.17, 15) is 41.9 Å². The third-order valence-electron chi connectivity index (χ3n) is 17.1. The molecule has 15 nitrogen and oxygen atoms in total. The van der Waals surface area contributed by atoms with E-state index >= 15 is 26.3 Å². The summed E-state index contributed by atoms with van der Waals surface area (Å²) in [6.45, 7) is 4.83. The molecule has 24 heteroatoms. The van der Waals surface area contributed by atoms with Crippen molar-refractivity contribution in [2.75, 3.05) is 21.3 Å². The largest absolute Gasteiger partial charge is 0.462 e. The molecule has 3 aromatic rings. The number of ether oxygens (including phenoxy) is 9. The van der Waals surface area contributed by atoms with Gasteiger partial charge in [0.2, 0.25) is 0 Å². The summed E-state index contributed by atoms with van der Waals surface area (Å²) in [6, 6.07) is 18.4. The van der Waals surface area contributed by atoms with E-state index in [0.29, 0.717) is 20.0 Å². The van der Waals surface area contributed by atoms with Gasteiger partial charge in [0.25, 0.3) is 16.8 Å². The molecule has 10 atom stereocenters. The summed E-state index contributed by atoms with van der Waals surface area (Å²) >= 11 is 0. The van der Waals surface area contributed by atoms with Crippen LogP contribution in [0.4, 0.5) is 39.5 Å². The molecule has 93 heavy (non-hydrogen) atoms. The van der Waals surface area contributed by atoms with Crippen LogP contribution < -0.4 is 0 Å². The lowest BCUT2D eigenvalue weighted by molar-refractivity contribution is -0.281. The van der Waals surface area contributed by atoms with E-state index in [-0.39, 0.29) is 94.8 Å². The van der Waals surface area contributed by atoms with Crippen LogP contribution >= 0.6 is 0 Å². The third kappa shape index (κ3) is 20.8. The number of Topliss-reactive ketones (excluding diaryl/α,β-unsaturated/α-hetero) is 1. The Balaban J connectivity index is 1.33. The quantitative estimate of drug-likeness (QED) is 0.0226. The number of methoxy groups -OCH3 is 3. The van der Waals surface area contributed by atoms with Crippen molar-refractivity contribution in [2.45, 2.75) is 253 Å². The number of unbranched alkanes of at least 4 members (excludes halogenated alkanes) is 11. The predicted molar refractivity (Wildman–Crippen MR) is 323 cm³/mol. The van der Waals surface area contributed by atoms with E-state index in [1.54, 1.807) is 13.0 Å². The highest BCUT2D eigenvalue weighted by Crippen LogP contribution is 2.47. The second kappa shape index (κ2) is 36.5. The van der Waals surface area contributed by atoms with Crippen LogP contribution in [0.25, 0.3) is 0 Å². The van der Waals surface area contributed by atoms with E-state index in [0.717, 1.165) is 109 Å². The van der Waals surface area contributed by atoms with Crippen molar-refractivity contribution in [1.29, 1.82) is 0 Å². The number of carbonyl (C=O) groups excluding carboxylic acids is 6. The molecule has 0 aromatic heterocycles. The average molecular weight is 1330 g/mol. The van der Waals surface area contributed by atoms with Gasteiger partial charge in [-0.1, -0.05) is 156 Å². The fraction of sp³-hybridized carbons (Fsp3) is 0.623. The SMILES string of the molecule is CCCCCCCCCCCC[C@@H](OC(=O)[C@](OC)(c1ccccc1)C(F)(F)F)[C@H]1CC[C@H]([C@@H](CC(CCCCC(=O)CCCC[C@H](CCC2=C[C@H](C)OC2=O)OC(=O)[C@](OC)(c2ccccc2)C(F)(F)F)OC(C)=O)OC(=O)[C@](OC)(c2ccccc2)C(F)(F)F)O1. The molecule has 2 heterocycles. The zero-order valence-electron chi connectivity index (χ0n) is 53.8. The average Bonchev–Trinajstić information content (AvgIpc) is 1.51. The molecule has 5 rings (SSSR count). The van der Waals surface area contributed by atoms with Crippen molar-refractivity contribution in [1.82, 2.24) is 0 Å². The number of benzene rings is 3. The van der Waals surface area contributed by atoms with Crippen LogP contribution in [0.1, 0.15) is 192 Å². The van der Waals surface area contributed by atoms with Gasteiger partial charge < -0.3 is 42.6 Å². The summed E-state index contributed by atoms with van der Waals surface area (Å²) < 4.78 is 186. The van der Waals surface area contributed by atoms with E-state index in [4.69, 9.17) is 42.6 Å². The summed E-state index contributed by atoms with van der Waals surface area (Å²) in [5.74, 6) is -7.09. The smallest absolute Gasteiger partial charge is 0.432 e. The number of esters is 5. The van der Waals surface area contributed by atoms with Crippen molar-refractivity contribution < 1.29 is 111 Å². The van der Waals surface area contributed by atoms with Gasteiger partial charge in [-0.15, -0.1) is 0 Å². The first-order valence-corrected chi connectivity index (χ1v) is 32.1. The van der Waals surface area contributed by atoms with Crippen molar-refractivity contribution in [2.24, 2.45) is 0 Å². The highest BCUT2D eigenvalue weighted by Gasteiger charge is 2.67. The highest BCUT2D eigenvalue weighted by molar-refractivity contribution is 5.91. The summed E-state index contributed by atoms with van der Waals surface area (Å²) in [6.07, 6.45) is -13.8. The summed E-state index contributed by atoms with van der Waals surface area (Å²) in [5, 5.41) is 0. The minimum atomic E-state index is -5.43. The van der Waals surface area contributed by atoms with Gasteiger partial charge in [-0.05, 0) is 90.0 Å². The first-order valence-electron chi connectivity index (χ1n) is 32.1. The van der Waals surface area contributed by atoms with E-state index in [1.807, 2.05) is 0 Å². The van der Waals surface area contributed by atoms with Crippen molar-refractivity contribution in [3.63, 3.8) is 0 Å². The number of hydrogen-bond donors (Lipinski definition) is 0. The molecule has 0 N–H and O–H groups in total.